The van der Waals surface area contributed by atoms with Crippen molar-refractivity contribution >= 4 is 12.0 Å². The third kappa shape index (κ3) is 4.03. The smallest absolute Gasteiger partial charge is 0.244 e. The quantitative estimate of drug-likeness (QED) is 0.642. The second kappa shape index (κ2) is 6.29. The maximum absolute atomic E-state index is 12.7. The molecule has 1 aliphatic rings. The zero-order valence-corrected chi connectivity index (χ0v) is 10.4. The van der Waals surface area contributed by atoms with E-state index in [-0.39, 0.29) is 30.3 Å². The zero-order valence-electron chi connectivity index (χ0n) is 10.4. The molecule has 1 aromatic carbocycles. The topological polar surface area (TPSA) is 49.3 Å². The standard InChI is InChI=1S/C15H16FNO2/c16-13-5-1-11(2-6-13)4-8-15(19)17-14-7-3-12(9-14)10-18/h1-8,12,14,18H,9-10H2,(H,17,19)/b8-4+/t12-,14+/m0/s1. The summed E-state index contributed by atoms with van der Waals surface area (Å²) in [6.07, 6.45) is 7.59. The van der Waals surface area contributed by atoms with Crippen LogP contribution in [-0.2, 0) is 4.79 Å². The SMILES string of the molecule is O=C(/C=C/c1ccc(F)cc1)N[C@@H]1C=C[C@H](CO)C1. The molecule has 2 N–H and O–H groups in total. The Morgan fingerprint density at radius 1 is 1.37 bits per heavy atom. The number of amides is 1. The van der Waals surface area contributed by atoms with Gasteiger partial charge in [0.05, 0.1) is 0 Å². The molecule has 1 aromatic rings. The highest BCUT2D eigenvalue weighted by Gasteiger charge is 2.18. The van der Waals surface area contributed by atoms with Crippen molar-refractivity contribution in [2.24, 2.45) is 5.92 Å². The molecule has 19 heavy (non-hydrogen) atoms. The van der Waals surface area contributed by atoms with E-state index < -0.39 is 0 Å². The van der Waals surface area contributed by atoms with Crippen molar-refractivity contribution in [3.63, 3.8) is 0 Å². The Labute approximate surface area is 111 Å². The predicted octanol–water partition coefficient (Wildman–Crippen LogP) is 1.89. The van der Waals surface area contributed by atoms with Gasteiger partial charge in [-0.05, 0) is 30.2 Å². The molecule has 0 saturated carbocycles. The van der Waals surface area contributed by atoms with Crippen molar-refractivity contribution in [3.05, 3.63) is 53.9 Å². The first-order chi connectivity index (χ1) is 9.17. The van der Waals surface area contributed by atoms with Gasteiger partial charge < -0.3 is 10.4 Å². The molecular formula is C15H16FNO2. The number of rotatable bonds is 4. The molecule has 0 radical (unpaired) electrons. The van der Waals surface area contributed by atoms with Crippen LogP contribution in [0.1, 0.15) is 12.0 Å². The fraction of sp³-hybridized carbons (Fsp3) is 0.267. The number of nitrogens with one attached hydrogen (secondary N) is 1. The lowest BCUT2D eigenvalue weighted by Gasteiger charge is -2.10. The van der Waals surface area contributed by atoms with E-state index in [4.69, 9.17) is 5.11 Å². The number of carbonyl (C=O) groups excluding carboxylic acids is 1. The number of benzene rings is 1. The summed E-state index contributed by atoms with van der Waals surface area (Å²) in [4.78, 5) is 11.7. The average molecular weight is 261 g/mol. The van der Waals surface area contributed by atoms with Crippen molar-refractivity contribution in [1.29, 1.82) is 0 Å². The summed E-state index contributed by atoms with van der Waals surface area (Å²) in [6, 6.07) is 5.89. The van der Waals surface area contributed by atoms with Crippen LogP contribution in [0.2, 0.25) is 0 Å². The van der Waals surface area contributed by atoms with E-state index >= 15 is 0 Å². The first kappa shape index (κ1) is 13.5. The maximum atomic E-state index is 12.7. The number of aliphatic hydroxyl groups excluding tert-OH is 1. The van der Waals surface area contributed by atoms with E-state index in [9.17, 15) is 9.18 Å². The largest absolute Gasteiger partial charge is 0.396 e. The van der Waals surface area contributed by atoms with Crippen molar-refractivity contribution in [3.8, 4) is 0 Å². The van der Waals surface area contributed by atoms with E-state index in [0.717, 1.165) is 12.0 Å². The average Bonchev–Trinajstić information content (AvgIpc) is 2.86. The third-order valence-electron chi connectivity index (χ3n) is 3.03. The molecule has 0 bridgehead atoms. The lowest BCUT2D eigenvalue weighted by atomic mass is 10.1. The van der Waals surface area contributed by atoms with Crippen molar-refractivity contribution in [1.82, 2.24) is 5.32 Å². The van der Waals surface area contributed by atoms with Crippen LogP contribution in [-0.4, -0.2) is 23.7 Å². The lowest BCUT2D eigenvalue weighted by molar-refractivity contribution is -0.116. The van der Waals surface area contributed by atoms with Crippen LogP contribution in [0, 0.1) is 11.7 Å². The highest BCUT2D eigenvalue weighted by Crippen LogP contribution is 2.16. The molecule has 4 heteroatoms. The number of hydrogen-bond donors (Lipinski definition) is 2. The number of aliphatic hydroxyl groups is 1. The van der Waals surface area contributed by atoms with E-state index in [1.165, 1.54) is 18.2 Å². The molecule has 0 fully saturated rings. The Morgan fingerprint density at radius 2 is 2.11 bits per heavy atom. The molecule has 2 rings (SSSR count). The van der Waals surface area contributed by atoms with Gasteiger partial charge in [0.15, 0.2) is 0 Å². The van der Waals surface area contributed by atoms with Crippen LogP contribution in [0.3, 0.4) is 0 Å². The lowest BCUT2D eigenvalue weighted by Crippen LogP contribution is -2.31. The molecule has 0 heterocycles. The Morgan fingerprint density at radius 3 is 2.74 bits per heavy atom. The predicted molar refractivity (Wildman–Crippen MR) is 71.7 cm³/mol. The molecule has 0 aliphatic heterocycles. The summed E-state index contributed by atoms with van der Waals surface area (Å²) in [7, 11) is 0. The van der Waals surface area contributed by atoms with Gasteiger partial charge in [0, 0.05) is 24.6 Å². The van der Waals surface area contributed by atoms with Gasteiger partial charge in [-0.1, -0.05) is 24.3 Å². The van der Waals surface area contributed by atoms with Gasteiger partial charge >= 0.3 is 0 Å². The van der Waals surface area contributed by atoms with Crippen LogP contribution in [0.25, 0.3) is 6.08 Å². The maximum Gasteiger partial charge on any atom is 0.244 e. The van der Waals surface area contributed by atoms with Gasteiger partial charge in [-0.3, -0.25) is 4.79 Å². The van der Waals surface area contributed by atoms with Gasteiger partial charge in [0.25, 0.3) is 0 Å². The molecule has 3 nitrogen and oxygen atoms in total. The third-order valence-corrected chi connectivity index (χ3v) is 3.03. The minimum atomic E-state index is -0.298. The monoisotopic (exact) mass is 261 g/mol. The molecule has 0 saturated heterocycles. The van der Waals surface area contributed by atoms with Gasteiger partial charge in [-0.25, -0.2) is 4.39 Å². The van der Waals surface area contributed by atoms with E-state index in [2.05, 4.69) is 5.32 Å². The van der Waals surface area contributed by atoms with Gasteiger partial charge in [-0.15, -0.1) is 0 Å². The second-order valence-corrected chi connectivity index (χ2v) is 4.56. The van der Waals surface area contributed by atoms with Crippen LogP contribution >= 0.6 is 0 Å². The van der Waals surface area contributed by atoms with Crippen LogP contribution < -0.4 is 5.32 Å². The van der Waals surface area contributed by atoms with E-state index in [1.54, 1.807) is 18.2 Å². The van der Waals surface area contributed by atoms with Gasteiger partial charge in [0.1, 0.15) is 5.82 Å². The summed E-state index contributed by atoms with van der Waals surface area (Å²) < 4.78 is 12.7. The molecule has 100 valence electrons. The number of hydrogen-bond acceptors (Lipinski definition) is 2. The number of carbonyl (C=O) groups is 1. The molecule has 0 spiro atoms. The summed E-state index contributed by atoms with van der Waals surface area (Å²) in [5.74, 6) is -0.364. The van der Waals surface area contributed by atoms with Crippen molar-refractivity contribution in [2.45, 2.75) is 12.5 Å². The van der Waals surface area contributed by atoms with Crippen LogP contribution in [0.4, 0.5) is 4.39 Å². The fourth-order valence-corrected chi connectivity index (χ4v) is 1.99. The summed E-state index contributed by atoms with van der Waals surface area (Å²) in [5.41, 5.74) is 0.770. The Hall–Kier alpha value is -1.94. The molecule has 0 aromatic heterocycles. The highest BCUT2D eigenvalue weighted by atomic mass is 19.1. The minimum absolute atomic E-state index is 0.0254. The van der Waals surface area contributed by atoms with Gasteiger partial charge in [0.2, 0.25) is 5.91 Å². The minimum Gasteiger partial charge on any atom is -0.396 e. The second-order valence-electron chi connectivity index (χ2n) is 4.56. The number of halogens is 1. The van der Waals surface area contributed by atoms with Crippen molar-refractivity contribution in [2.75, 3.05) is 6.61 Å². The van der Waals surface area contributed by atoms with Crippen LogP contribution in [0.15, 0.2) is 42.5 Å². The Bertz CT molecular complexity index is 493. The normalized spacial score (nSPS) is 22.0. The van der Waals surface area contributed by atoms with E-state index in [1.807, 2.05) is 12.2 Å². The molecule has 1 aliphatic carbocycles. The van der Waals surface area contributed by atoms with Crippen LogP contribution in [0.5, 0.6) is 0 Å². The summed E-state index contributed by atoms with van der Waals surface area (Å²) in [6.45, 7) is 0.105. The molecule has 2 atom stereocenters. The molecular weight excluding hydrogens is 245 g/mol. The first-order valence-corrected chi connectivity index (χ1v) is 6.20. The summed E-state index contributed by atoms with van der Waals surface area (Å²) in [5, 5.41) is 11.8. The zero-order chi connectivity index (χ0) is 13.7. The highest BCUT2D eigenvalue weighted by molar-refractivity contribution is 5.92. The van der Waals surface area contributed by atoms with E-state index in [0.29, 0.717) is 0 Å². The summed E-state index contributed by atoms with van der Waals surface area (Å²) >= 11 is 0. The first-order valence-electron chi connectivity index (χ1n) is 6.20. The molecule has 1 amide bonds. The molecule has 0 unspecified atom stereocenters. The Kier molecular flexibility index (Phi) is 4.47. The Balaban J connectivity index is 1.84. The fourth-order valence-electron chi connectivity index (χ4n) is 1.99. The van der Waals surface area contributed by atoms with Gasteiger partial charge in [-0.2, -0.15) is 0 Å². The van der Waals surface area contributed by atoms with Crippen molar-refractivity contribution < 1.29 is 14.3 Å².